The Morgan fingerprint density at radius 1 is 1.10 bits per heavy atom. The summed E-state index contributed by atoms with van der Waals surface area (Å²) in [6.07, 6.45) is 0.892. The summed E-state index contributed by atoms with van der Waals surface area (Å²) in [6, 6.07) is 13.3. The lowest BCUT2D eigenvalue weighted by Crippen LogP contribution is -2.19. The number of hydrogen-bond acceptors (Lipinski definition) is 2. The Morgan fingerprint density at radius 2 is 1.71 bits per heavy atom. The van der Waals surface area contributed by atoms with Gasteiger partial charge in [0.2, 0.25) is 0 Å². The molecule has 0 aromatic heterocycles. The van der Waals surface area contributed by atoms with E-state index < -0.39 is 0 Å². The van der Waals surface area contributed by atoms with Crippen molar-refractivity contribution < 1.29 is 4.39 Å². The maximum atomic E-state index is 12.9. The van der Waals surface area contributed by atoms with Crippen LogP contribution in [0.4, 0.5) is 10.1 Å². The van der Waals surface area contributed by atoms with E-state index in [1.165, 1.54) is 28.9 Å². The lowest BCUT2D eigenvalue weighted by atomic mass is 10.0. The second-order valence-corrected chi connectivity index (χ2v) is 5.78. The van der Waals surface area contributed by atoms with Crippen LogP contribution in [-0.2, 0) is 13.0 Å². The molecule has 2 aromatic carbocycles. The summed E-state index contributed by atoms with van der Waals surface area (Å²) in [5.41, 5.74) is 10.6. The Balaban J connectivity index is 2.11. The molecular weight excluding hydrogens is 263 g/mol. The molecular formula is C18H23FN2. The van der Waals surface area contributed by atoms with Crippen molar-refractivity contribution in [2.24, 2.45) is 5.73 Å². The van der Waals surface area contributed by atoms with Gasteiger partial charge in [0.05, 0.1) is 0 Å². The molecule has 0 aliphatic carbocycles. The summed E-state index contributed by atoms with van der Waals surface area (Å²) in [5.74, 6) is -0.196. The van der Waals surface area contributed by atoms with Crippen LogP contribution in [-0.4, -0.2) is 13.1 Å². The lowest BCUT2D eigenvalue weighted by Gasteiger charge is -2.22. The molecule has 0 saturated heterocycles. The number of nitrogens with zero attached hydrogens (tertiary/aromatic N) is 1. The first-order valence-electron chi connectivity index (χ1n) is 7.26. The van der Waals surface area contributed by atoms with E-state index in [9.17, 15) is 4.39 Å². The van der Waals surface area contributed by atoms with Crippen molar-refractivity contribution in [2.45, 2.75) is 32.9 Å². The van der Waals surface area contributed by atoms with Crippen LogP contribution in [0.5, 0.6) is 0 Å². The molecule has 1 unspecified atom stereocenters. The van der Waals surface area contributed by atoms with Crippen LogP contribution in [0.1, 0.15) is 23.6 Å². The van der Waals surface area contributed by atoms with Gasteiger partial charge in [-0.1, -0.05) is 24.3 Å². The van der Waals surface area contributed by atoms with Crippen LogP contribution in [0.25, 0.3) is 0 Å². The normalized spacial score (nSPS) is 12.2. The highest BCUT2D eigenvalue weighted by molar-refractivity contribution is 5.54. The van der Waals surface area contributed by atoms with Crippen molar-refractivity contribution in [2.75, 3.05) is 11.9 Å². The Morgan fingerprint density at radius 3 is 2.29 bits per heavy atom. The quantitative estimate of drug-likeness (QED) is 0.909. The van der Waals surface area contributed by atoms with Gasteiger partial charge in [-0.25, -0.2) is 4.39 Å². The Kier molecular flexibility index (Phi) is 4.97. The molecule has 112 valence electrons. The SMILES string of the molecule is Cc1cc(CC(C)N)ccc1N(C)Cc1ccc(F)cc1. The molecule has 0 aliphatic rings. The lowest BCUT2D eigenvalue weighted by molar-refractivity contribution is 0.627. The fraction of sp³-hybridized carbons (Fsp3) is 0.333. The van der Waals surface area contributed by atoms with Crippen molar-refractivity contribution in [1.29, 1.82) is 0 Å². The second kappa shape index (κ2) is 6.72. The summed E-state index contributed by atoms with van der Waals surface area (Å²) < 4.78 is 12.9. The van der Waals surface area contributed by atoms with Gasteiger partial charge in [0, 0.05) is 25.3 Å². The predicted molar refractivity (Wildman–Crippen MR) is 87.0 cm³/mol. The fourth-order valence-electron chi connectivity index (χ4n) is 2.59. The summed E-state index contributed by atoms with van der Waals surface area (Å²) in [6.45, 7) is 4.89. The predicted octanol–water partition coefficient (Wildman–Crippen LogP) is 3.66. The molecule has 2 aromatic rings. The van der Waals surface area contributed by atoms with Gasteiger partial charge in [-0.05, 0) is 55.2 Å². The summed E-state index contributed by atoms with van der Waals surface area (Å²) in [4.78, 5) is 2.18. The van der Waals surface area contributed by atoms with Crippen molar-refractivity contribution in [3.8, 4) is 0 Å². The molecule has 0 saturated carbocycles. The molecule has 0 fully saturated rings. The highest BCUT2D eigenvalue weighted by Gasteiger charge is 2.07. The molecule has 3 heteroatoms. The van der Waals surface area contributed by atoms with E-state index in [0.717, 1.165) is 18.5 Å². The molecule has 21 heavy (non-hydrogen) atoms. The highest BCUT2D eigenvalue weighted by Crippen LogP contribution is 2.22. The average Bonchev–Trinajstić information content (AvgIpc) is 2.40. The van der Waals surface area contributed by atoms with Crippen molar-refractivity contribution in [3.63, 3.8) is 0 Å². The van der Waals surface area contributed by atoms with Gasteiger partial charge in [-0.2, -0.15) is 0 Å². The first kappa shape index (κ1) is 15.5. The van der Waals surface area contributed by atoms with Crippen molar-refractivity contribution in [3.05, 3.63) is 65.0 Å². The number of aryl methyl sites for hydroxylation is 1. The molecule has 0 heterocycles. The molecule has 0 amide bonds. The topological polar surface area (TPSA) is 29.3 Å². The molecule has 1 atom stereocenters. The van der Waals surface area contributed by atoms with Crippen LogP contribution >= 0.6 is 0 Å². The molecule has 0 radical (unpaired) electrons. The third kappa shape index (κ3) is 4.30. The van der Waals surface area contributed by atoms with E-state index in [0.29, 0.717) is 0 Å². The van der Waals surface area contributed by atoms with E-state index in [1.54, 1.807) is 0 Å². The molecule has 0 bridgehead atoms. The number of hydrogen-bond donors (Lipinski definition) is 1. The van der Waals surface area contributed by atoms with Crippen LogP contribution < -0.4 is 10.6 Å². The maximum Gasteiger partial charge on any atom is 0.123 e. The van der Waals surface area contributed by atoms with Crippen LogP contribution in [0, 0.1) is 12.7 Å². The number of halogens is 1. The van der Waals surface area contributed by atoms with Gasteiger partial charge in [-0.3, -0.25) is 0 Å². The minimum Gasteiger partial charge on any atom is -0.370 e. The third-order valence-electron chi connectivity index (χ3n) is 3.56. The second-order valence-electron chi connectivity index (χ2n) is 5.78. The summed E-state index contributed by atoms with van der Waals surface area (Å²) in [5, 5.41) is 0. The van der Waals surface area contributed by atoms with E-state index in [2.05, 4.69) is 37.1 Å². The number of rotatable bonds is 5. The van der Waals surface area contributed by atoms with E-state index in [1.807, 2.05) is 19.1 Å². The molecule has 0 spiro atoms. The van der Waals surface area contributed by atoms with Crippen LogP contribution in [0.2, 0.25) is 0 Å². The zero-order valence-corrected chi connectivity index (χ0v) is 12.9. The van der Waals surface area contributed by atoms with Crippen LogP contribution in [0.15, 0.2) is 42.5 Å². The smallest absolute Gasteiger partial charge is 0.123 e. The number of anilines is 1. The monoisotopic (exact) mass is 286 g/mol. The molecule has 2 nitrogen and oxygen atoms in total. The minimum absolute atomic E-state index is 0.173. The standard InChI is InChI=1S/C18H23FN2/c1-13-10-16(11-14(2)20)6-9-18(13)21(3)12-15-4-7-17(19)8-5-15/h4-10,14H,11-12,20H2,1-3H3. The van der Waals surface area contributed by atoms with Crippen molar-refractivity contribution in [1.82, 2.24) is 0 Å². The summed E-state index contributed by atoms with van der Waals surface area (Å²) in [7, 11) is 2.05. The van der Waals surface area contributed by atoms with Crippen LogP contribution in [0.3, 0.4) is 0 Å². The zero-order valence-electron chi connectivity index (χ0n) is 12.9. The maximum absolute atomic E-state index is 12.9. The number of nitrogens with two attached hydrogens (primary N) is 1. The highest BCUT2D eigenvalue weighted by atomic mass is 19.1. The Bertz CT molecular complexity index is 591. The fourth-order valence-corrected chi connectivity index (χ4v) is 2.59. The summed E-state index contributed by atoms with van der Waals surface area (Å²) >= 11 is 0. The van der Waals surface area contributed by atoms with Gasteiger partial charge in [0.25, 0.3) is 0 Å². The Labute approximate surface area is 126 Å². The molecule has 0 aliphatic heterocycles. The average molecular weight is 286 g/mol. The van der Waals surface area contributed by atoms with Crippen molar-refractivity contribution >= 4 is 5.69 Å². The third-order valence-corrected chi connectivity index (χ3v) is 3.56. The molecule has 2 rings (SSSR count). The first-order chi connectivity index (χ1) is 9.95. The van der Waals surface area contributed by atoms with Gasteiger partial charge in [0.1, 0.15) is 5.82 Å². The Hall–Kier alpha value is -1.87. The van der Waals surface area contributed by atoms with E-state index in [-0.39, 0.29) is 11.9 Å². The zero-order chi connectivity index (χ0) is 15.4. The van der Waals surface area contributed by atoms with Gasteiger partial charge >= 0.3 is 0 Å². The van der Waals surface area contributed by atoms with E-state index >= 15 is 0 Å². The minimum atomic E-state index is -0.196. The largest absolute Gasteiger partial charge is 0.370 e. The molecule has 2 N–H and O–H groups in total. The van der Waals surface area contributed by atoms with Gasteiger partial charge in [0.15, 0.2) is 0 Å². The van der Waals surface area contributed by atoms with Gasteiger partial charge < -0.3 is 10.6 Å². The van der Waals surface area contributed by atoms with Gasteiger partial charge in [-0.15, -0.1) is 0 Å². The first-order valence-corrected chi connectivity index (χ1v) is 7.26. The number of benzene rings is 2. The van der Waals surface area contributed by atoms with E-state index in [4.69, 9.17) is 5.73 Å².